The summed E-state index contributed by atoms with van der Waals surface area (Å²) in [5.74, 6) is 1.02. The summed E-state index contributed by atoms with van der Waals surface area (Å²) < 4.78 is 44.6. The van der Waals surface area contributed by atoms with Crippen LogP contribution >= 0.6 is 11.6 Å². The molecule has 0 bridgehead atoms. The zero-order chi connectivity index (χ0) is 25.8. The SMILES string of the molecule is C#Cc1cc(C(F)(F)F)ncc1-c1cc(C(=O)N(C)c2ccccc2OCCC(=O)O)ccc1Cl. The molecular formula is C25H18ClF3N2O4. The van der Waals surface area contributed by atoms with Gasteiger partial charge < -0.3 is 14.7 Å². The van der Waals surface area contributed by atoms with E-state index in [-0.39, 0.29) is 40.3 Å². The van der Waals surface area contributed by atoms with Gasteiger partial charge in [0.25, 0.3) is 5.91 Å². The monoisotopic (exact) mass is 502 g/mol. The van der Waals surface area contributed by atoms with Gasteiger partial charge in [0.2, 0.25) is 0 Å². The average Bonchev–Trinajstić information content (AvgIpc) is 2.82. The maximum Gasteiger partial charge on any atom is 0.433 e. The molecule has 0 unspecified atom stereocenters. The van der Waals surface area contributed by atoms with E-state index in [9.17, 15) is 22.8 Å². The van der Waals surface area contributed by atoms with Gasteiger partial charge in [0, 0.05) is 40.5 Å². The number of hydrogen-bond acceptors (Lipinski definition) is 4. The number of nitrogens with zero attached hydrogens (tertiary/aromatic N) is 2. The number of carboxylic acids is 1. The molecule has 0 atom stereocenters. The van der Waals surface area contributed by atoms with E-state index in [1.54, 1.807) is 24.3 Å². The quantitative estimate of drug-likeness (QED) is 0.430. The average molecular weight is 503 g/mol. The zero-order valence-corrected chi connectivity index (χ0v) is 19.0. The number of anilines is 1. The van der Waals surface area contributed by atoms with E-state index in [1.165, 1.54) is 30.1 Å². The second kappa shape index (κ2) is 10.5. The number of carboxylic acid groups (broad SMARTS) is 1. The van der Waals surface area contributed by atoms with Gasteiger partial charge in [-0.25, -0.2) is 0 Å². The number of pyridine rings is 1. The molecule has 180 valence electrons. The van der Waals surface area contributed by atoms with Crippen molar-refractivity contribution in [1.29, 1.82) is 0 Å². The van der Waals surface area contributed by atoms with Crippen molar-refractivity contribution in [2.75, 3.05) is 18.6 Å². The molecular weight excluding hydrogens is 485 g/mol. The first kappa shape index (κ1) is 25.6. The van der Waals surface area contributed by atoms with Crippen molar-refractivity contribution in [2.45, 2.75) is 12.6 Å². The number of terminal acetylenes is 1. The van der Waals surface area contributed by atoms with Gasteiger partial charge in [0.1, 0.15) is 11.4 Å². The summed E-state index contributed by atoms with van der Waals surface area (Å²) in [5.41, 5.74) is -0.248. The van der Waals surface area contributed by atoms with Gasteiger partial charge in [-0.3, -0.25) is 14.6 Å². The molecule has 35 heavy (non-hydrogen) atoms. The minimum Gasteiger partial charge on any atom is -0.491 e. The van der Waals surface area contributed by atoms with Crippen LogP contribution in [0.1, 0.15) is 28.0 Å². The van der Waals surface area contributed by atoms with E-state index in [4.69, 9.17) is 27.9 Å². The Morgan fingerprint density at radius 2 is 1.89 bits per heavy atom. The van der Waals surface area contributed by atoms with E-state index < -0.39 is 23.7 Å². The normalized spacial score (nSPS) is 11.0. The third kappa shape index (κ3) is 5.91. The third-order valence-electron chi connectivity index (χ3n) is 4.96. The van der Waals surface area contributed by atoms with Crippen LogP contribution in [0.25, 0.3) is 11.1 Å². The number of aromatic nitrogens is 1. The molecule has 1 N–H and O–H groups in total. The molecule has 1 aromatic heterocycles. The van der Waals surface area contributed by atoms with Gasteiger partial charge in [0.05, 0.1) is 18.7 Å². The number of rotatable bonds is 7. The predicted molar refractivity (Wildman–Crippen MR) is 125 cm³/mol. The second-order valence-corrected chi connectivity index (χ2v) is 7.68. The number of hydrogen-bond donors (Lipinski definition) is 1. The Labute approximate surface area is 203 Å². The Hall–Kier alpha value is -4.03. The summed E-state index contributed by atoms with van der Waals surface area (Å²) in [6.07, 6.45) is 1.52. The number of benzene rings is 2. The van der Waals surface area contributed by atoms with Crippen LogP contribution in [-0.2, 0) is 11.0 Å². The lowest BCUT2D eigenvalue weighted by Gasteiger charge is -2.21. The lowest BCUT2D eigenvalue weighted by molar-refractivity contribution is -0.141. The van der Waals surface area contributed by atoms with Gasteiger partial charge in [0.15, 0.2) is 0 Å². The maximum absolute atomic E-state index is 13.2. The molecule has 3 rings (SSSR count). The van der Waals surface area contributed by atoms with Crippen LogP contribution in [0.5, 0.6) is 5.75 Å². The summed E-state index contributed by atoms with van der Waals surface area (Å²) in [4.78, 5) is 28.8. The molecule has 0 saturated heterocycles. The van der Waals surface area contributed by atoms with Crippen LogP contribution in [0.15, 0.2) is 54.7 Å². The Morgan fingerprint density at radius 3 is 2.54 bits per heavy atom. The van der Waals surface area contributed by atoms with Crippen LogP contribution in [0.2, 0.25) is 5.02 Å². The van der Waals surface area contributed by atoms with E-state index in [2.05, 4.69) is 10.9 Å². The minimum atomic E-state index is -4.67. The van der Waals surface area contributed by atoms with Crippen molar-refractivity contribution < 1.29 is 32.6 Å². The molecule has 0 aliphatic carbocycles. The lowest BCUT2D eigenvalue weighted by Crippen LogP contribution is -2.27. The first-order valence-electron chi connectivity index (χ1n) is 10.1. The van der Waals surface area contributed by atoms with E-state index in [1.807, 2.05) is 0 Å². The first-order chi connectivity index (χ1) is 16.5. The molecule has 3 aromatic rings. The second-order valence-electron chi connectivity index (χ2n) is 7.28. The van der Waals surface area contributed by atoms with E-state index >= 15 is 0 Å². The van der Waals surface area contributed by atoms with Gasteiger partial charge >= 0.3 is 12.1 Å². The highest BCUT2D eigenvalue weighted by atomic mass is 35.5. The van der Waals surface area contributed by atoms with E-state index in [0.29, 0.717) is 11.4 Å². The van der Waals surface area contributed by atoms with Crippen molar-refractivity contribution in [2.24, 2.45) is 0 Å². The van der Waals surface area contributed by atoms with Gasteiger partial charge in [-0.05, 0) is 36.4 Å². The molecule has 0 fully saturated rings. The molecule has 2 aromatic carbocycles. The lowest BCUT2D eigenvalue weighted by atomic mass is 9.99. The predicted octanol–water partition coefficient (Wildman–Crippen LogP) is 5.53. The van der Waals surface area contributed by atoms with Crippen LogP contribution in [-0.4, -0.2) is 35.6 Å². The summed E-state index contributed by atoms with van der Waals surface area (Å²) in [5, 5.41) is 8.98. The molecule has 10 heteroatoms. The molecule has 1 amide bonds. The number of halogens is 4. The molecule has 0 aliphatic rings. The van der Waals surface area contributed by atoms with Gasteiger partial charge in [-0.15, -0.1) is 6.42 Å². The molecule has 0 aliphatic heterocycles. The maximum atomic E-state index is 13.2. The Kier molecular flexibility index (Phi) is 7.67. The molecule has 6 nitrogen and oxygen atoms in total. The van der Waals surface area contributed by atoms with Crippen LogP contribution < -0.4 is 9.64 Å². The fourth-order valence-corrected chi connectivity index (χ4v) is 3.44. The summed E-state index contributed by atoms with van der Waals surface area (Å²) in [6, 6.07) is 11.6. The topological polar surface area (TPSA) is 79.7 Å². The zero-order valence-electron chi connectivity index (χ0n) is 18.3. The van der Waals surface area contributed by atoms with Crippen molar-refractivity contribution in [1.82, 2.24) is 4.98 Å². The van der Waals surface area contributed by atoms with Crippen molar-refractivity contribution >= 4 is 29.2 Å². The Balaban J connectivity index is 1.96. The number of amides is 1. The number of alkyl halides is 3. The summed E-state index contributed by atoms with van der Waals surface area (Å²) >= 11 is 6.29. The van der Waals surface area contributed by atoms with Crippen LogP contribution in [0.4, 0.5) is 18.9 Å². The number of carbonyl (C=O) groups excluding carboxylic acids is 1. The molecule has 0 radical (unpaired) electrons. The minimum absolute atomic E-state index is 0.0793. The summed E-state index contributed by atoms with van der Waals surface area (Å²) in [6.45, 7) is -0.0880. The Morgan fingerprint density at radius 1 is 1.17 bits per heavy atom. The highest BCUT2D eigenvalue weighted by Gasteiger charge is 2.33. The summed E-state index contributed by atoms with van der Waals surface area (Å²) in [7, 11) is 1.50. The number of para-hydroxylation sites is 2. The Bertz CT molecular complexity index is 1320. The van der Waals surface area contributed by atoms with Crippen molar-refractivity contribution in [3.05, 3.63) is 76.6 Å². The fraction of sp³-hybridized carbons (Fsp3) is 0.160. The van der Waals surface area contributed by atoms with Gasteiger partial charge in [-0.2, -0.15) is 13.2 Å². The number of aliphatic carboxylic acids is 1. The van der Waals surface area contributed by atoms with Crippen molar-refractivity contribution in [3.8, 4) is 29.2 Å². The largest absolute Gasteiger partial charge is 0.491 e. The molecule has 0 spiro atoms. The van der Waals surface area contributed by atoms with E-state index in [0.717, 1.165) is 12.3 Å². The fourth-order valence-electron chi connectivity index (χ4n) is 3.22. The standard InChI is InChI=1S/C25H18ClF3N2O4/c1-3-15-13-22(25(27,28)29)30-14-18(15)17-12-16(8-9-19(17)26)24(34)31(2)20-6-4-5-7-21(20)35-11-10-23(32)33/h1,4-9,12-14H,10-11H2,2H3,(H,32,33). The van der Waals surface area contributed by atoms with Crippen LogP contribution in [0, 0.1) is 12.3 Å². The first-order valence-corrected chi connectivity index (χ1v) is 10.5. The number of ether oxygens (including phenoxy) is 1. The van der Waals surface area contributed by atoms with Gasteiger partial charge in [-0.1, -0.05) is 29.7 Å². The highest BCUT2D eigenvalue weighted by Crippen LogP contribution is 2.35. The third-order valence-corrected chi connectivity index (χ3v) is 5.29. The number of carbonyl (C=O) groups is 2. The molecule has 1 heterocycles. The van der Waals surface area contributed by atoms with Crippen molar-refractivity contribution in [3.63, 3.8) is 0 Å². The van der Waals surface area contributed by atoms with Crippen LogP contribution in [0.3, 0.4) is 0 Å². The smallest absolute Gasteiger partial charge is 0.433 e. The highest BCUT2D eigenvalue weighted by molar-refractivity contribution is 6.33. The molecule has 0 saturated carbocycles.